The Balaban J connectivity index is 1.54. The summed E-state index contributed by atoms with van der Waals surface area (Å²) in [6, 6.07) is 9.26. The summed E-state index contributed by atoms with van der Waals surface area (Å²) in [5.41, 5.74) is 1.44. The summed E-state index contributed by atoms with van der Waals surface area (Å²) in [5, 5.41) is 11.6. The summed E-state index contributed by atoms with van der Waals surface area (Å²) in [5.74, 6) is 1.44. The Hall–Kier alpha value is -2.80. The van der Waals surface area contributed by atoms with E-state index in [0.717, 1.165) is 42.7 Å². The molecular weight excluding hydrogens is 316 g/mol. The summed E-state index contributed by atoms with van der Waals surface area (Å²) in [4.78, 5) is 21.4. The monoisotopic (exact) mass is 336 g/mol. The van der Waals surface area contributed by atoms with Crippen LogP contribution in [0, 0.1) is 0 Å². The van der Waals surface area contributed by atoms with Crippen LogP contribution in [0.5, 0.6) is 0 Å². The van der Waals surface area contributed by atoms with E-state index in [0.29, 0.717) is 17.4 Å². The first-order valence-corrected chi connectivity index (χ1v) is 8.48. The van der Waals surface area contributed by atoms with Crippen molar-refractivity contribution in [1.29, 1.82) is 0 Å². The summed E-state index contributed by atoms with van der Waals surface area (Å²) >= 11 is 0. The van der Waals surface area contributed by atoms with E-state index in [4.69, 9.17) is 0 Å². The van der Waals surface area contributed by atoms with Crippen LogP contribution in [-0.2, 0) is 7.05 Å². The average Bonchev–Trinajstić information content (AvgIpc) is 3.02. The normalized spacial score (nSPS) is 15.4. The van der Waals surface area contributed by atoms with Crippen LogP contribution < -0.4 is 10.6 Å². The van der Waals surface area contributed by atoms with Crippen molar-refractivity contribution in [1.82, 2.24) is 25.1 Å². The SMILES string of the molecule is Cn1nc(C2CCNCC2)nc1NC(=O)c1ccc2ncccc2c1. The van der Waals surface area contributed by atoms with E-state index in [2.05, 4.69) is 25.7 Å². The predicted octanol–water partition coefficient (Wildman–Crippen LogP) is 2.08. The van der Waals surface area contributed by atoms with Crippen molar-refractivity contribution in [3.05, 3.63) is 47.9 Å². The summed E-state index contributed by atoms with van der Waals surface area (Å²) in [6.45, 7) is 1.96. The van der Waals surface area contributed by atoms with Crippen LogP contribution in [0.25, 0.3) is 10.9 Å². The number of aromatic nitrogens is 4. The molecule has 25 heavy (non-hydrogen) atoms. The molecule has 1 saturated heterocycles. The van der Waals surface area contributed by atoms with Gasteiger partial charge in [-0.15, -0.1) is 0 Å². The second kappa shape index (κ2) is 6.60. The number of carbonyl (C=O) groups excluding carboxylic acids is 1. The molecule has 0 bridgehead atoms. The molecule has 0 spiro atoms. The summed E-state index contributed by atoms with van der Waals surface area (Å²) in [6.07, 6.45) is 3.79. The minimum absolute atomic E-state index is 0.196. The van der Waals surface area contributed by atoms with Gasteiger partial charge in [-0.25, -0.2) is 4.68 Å². The van der Waals surface area contributed by atoms with Gasteiger partial charge in [0.15, 0.2) is 5.82 Å². The topological polar surface area (TPSA) is 84.7 Å². The highest BCUT2D eigenvalue weighted by atomic mass is 16.1. The van der Waals surface area contributed by atoms with Gasteiger partial charge in [-0.05, 0) is 50.2 Å². The molecule has 128 valence electrons. The number of hydrogen-bond acceptors (Lipinski definition) is 5. The fourth-order valence-electron chi connectivity index (χ4n) is 3.16. The predicted molar refractivity (Wildman–Crippen MR) is 95.5 cm³/mol. The molecule has 4 rings (SSSR count). The molecule has 0 radical (unpaired) electrons. The fraction of sp³-hybridized carbons (Fsp3) is 0.333. The van der Waals surface area contributed by atoms with Crippen LogP contribution in [0.1, 0.15) is 34.9 Å². The average molecular weight is 336 g/mol. The molecule has 1 aromatic carbocycles. The maximum Gasteiger partial charge on any atom is 0.258 e. The molecule has 7 nitrogen and oxygen atoms in total. The van der Waals surface area contributed by atoms with E-state index >= 15 is 0 Å². The van der Waals surface area contributed by atoms with Crippen molar-refractivity contribution in [3.63, 3.8) is 0 Å². The lowest BCUT2D eigenvalue weighted by molar-refractivity contribution is 0.102. The van der Waals surface area contributed by atoms with Gasteiger partial charge in [0.05, 0.1) is 5.52 Å². The van der Waals surface area contributed by atoms with Crippen LogP contribution in [0.4, 0.5) is 5.95 Å². The zero-order valence-electron chi connectivity index (χ0n) is 14.1. The lowest BCUT2D eigenvalue weighted by atomic mass is 9.98. The third-order valence-corrected chi connectivity index (χ3v) is 4.57. The van der Waals surface area contributed by atoms with Crippen LogP contribution >= 0.6 is 0 Å². The third kappa shape index (κ3) is 3.23. The minimum atomic E-state index is -0.196. The van der Waals surface area contributed by atoms with Crippen LogP contribution in [0.2, 0.25) is 0 Å². The second-order valence-corrected chi connectivity index (χ2v) is 6.31. The Morgan fingerprint density at radius 1 is 1.28 bits per heavy atom. The highest BCUT2D eigenvalue weighted by molar-refractivity contribution is 6.05. The highest BCUT2D eigenvalue weighted by Gasteiger charge is 2.21. The minimum Gasteiger partial charge on any atom is -0.317 e. The molecule has 0 unspecified atom stereocenters. The Kier molecular flexibility index (Phi) is 4.15. The number of fused-ring (bicyclic) bond motifs is 1. The molecule has 0 atom stereocenters. The number of pyridine rings is 1. The van der Waals surface area contributed by atoms with Gasteiger partial charge < -0.3 is 5.32 Å². The first-order valence-electron chi connectivity index (χ1n) is 8.48. The van der Waals surface area contributed by atoms with Gasteiger partial charge in [0.2, 0.25) is 5.95 Å². The summed E-state index contributed by atoms with van der Waals surface area (Å²) in [7, 11) is 1.80. The number of hydrogen-bond donors (Lipinski definition) is 2. The van der Waals surface area contributed by atoms with Gasteiger partial charge >= 0.3 is 0 Å². The van der Waals surface area contributed by atoms with E-state index in [1.165, 1.54) is 0 Å². The van der Waals surface area contributed by atoms with E-state index in [1.54, 1.807) is 24.0 Å². The van der Waals surface area contributed by atoms with Gasteiger partial charge in [0, 0.05) is 30.1 Å². The van der Waals surface area contributed by atoms with Crippen LogP contribution in [0.15, 0.2) is 36.5 Å². The van der Waals surface area contributed by atoms with E-state index in [9.17, 15) is 4.79 Å². The van der Waals surface area contributed by atoms with Crippen molar-refractivity contribution < 1.29 is 4.79 Å². The van der Waals surface area contributed by atoms with Gasteiger partial charge in [-0.2, -0.15) is 10.1 Å². The Morgan fingerprint density at radius 3 is 2.96 bits per heavy atom. The first-order chi connectivity index (χ1) is 12.2. The highest BCUT2D eigenvalue weighted by Crippen LogP contribution is 2.23. The summed E-state index contributed by atoms with van der Waals surface area (Å²) < 4.78 is 1.64. The van der Waals surface area contributed by atoms with Crippen molar-refractivity contribution in [2.45, 2.75) is 18.8 Å². The number of carbonyl (C=O) groups is 1. The Bertz CT molecular complexity index is 913. The number of anilines is 1. The van der Waals surface area contributed by atoms with Crippen molar-refractivity contribution in [3.8, 4) is 0 Å². The fourth-order valence-corrected chi connectivity index (χ4v) is 3.16. The van der Waals surface area contributed by atoms with Gasteiger partial charge in [-0.3, -0.25) is 15.1 Å². The maximum absolute atomic E-state index is 12.6. The maximum atomic E-state index is 12.6. The number of aryl methyl sites for hydroxylation is 1. The number of nitrogens with zero attached hydrogens (tertiary/aromatic N) is 4. The quantitative estimate of drug-likeness (QED) is 0.765. The van der Waals surface area contributed by atoms with E-state index in [1.807, 2.05) is 24.3 Å². The van der Waals surface area contributed by atoms with Crippen molar-refractivity contribution in [2.24, 2.45) is 7.05 Å². The van der Waals surface area contributed by atoms with Gasteiger partial charge in [0.1, 0.15) is 0 Å². The molecule has 2 aromatic heterocycles. The second-order valence-electron chi connectivity index (χ2n) is 6.31. The zero-order valence-corrected chi connectivity index (χ0v) is 14.1. The largest absolute Gasteiger partial charge is 0.317 e. The number of benzene rings is 1. The Morgan fingerprint density at radius 2 is 2.12 bits per heavy atom. The molecule has 7 heteroatoms. The van der Waals surface area contributed by atoms with E-state index in [-0.39, 0.29) is 5.91 Å². The smallest absolute Gasteiger partial charge is 0.258 e. The number of rotatable bonds is 3. The molecule has 0 aliphatic carbocycles. The third-order valence-electron chi connectivity index (χ3n) is 4.57. The molecule has 3 heterocycles. The first kappa shape index (κ1) is 15.7. The molecule has 1 fully saturated rings. The van der Waals surface area contributed by atoms with Crippen molar-refractivity contribution in [2.75, 3.05) is 18.4 Å². The van der Waals surface area contributed by atoms with Crippen LogP contribution in [-0.4, -0.2) is 38.7 Å². The molecular formula is C18H20N6O. The standard InChI is InChI=1S/C18H20N6O/c1-24-18(21-16(23-24)12-6-9-19-10-7-12)22-17(25)14-4-5-15-13(11-14)3-2-8-20-15/h2-5,8,11-12,19H,6-7,9-10H2,1H3,(H,21,22,23,25). The molecule has 1 amide bonds. The molecule has 2 N–H and O–H groups in total. The Labute approximate surface area is 145 Å². The molecule has 3 aromatic rings. The van der Waals surface area contributed by atoms with Crippen molar-refractivity contribution >= 4 is 22.8 Å². The lowest BCUT2D eigenvalue weighted by Crippen LogP contribution is -2.27. The number of piperidine rings is 1. The zero-order chi connectivity index (χ0) is 17.2. The molecule has 1 aliphatic rings. The molecule has 0 saturated carbocycles. The lowest BCUT2D eigenvalue weighted by Gasteiger charge is -2.19. The van der Waals surface area contributed by atoms with Gasteiger partial charge in [-0.1, -0.05) is 6.07 Å². The van der Waals surface area contributed by atoms with Gasteiger partial charge in [0.25, 0.3) is 5.91 Å². The number of nitrogens with one attached hydrogen (secondary N) is 2. The number of amides is 1. The van der Waals surface area contributed by atoms with E-state index < -0.39 is 0 Å². The van der Waals surface area contributed by atoms with Crippen LogP contribution in [0.3, 0.4) is 0 Å². The molecule has 1 aliphatic heterocycles.